The van der Waals surface area contributed by atoms with Crippen LogP contribution in [0.5, 0.6) is 5.75 Å². The number of ether oxygens (including phenoxy) is 1. The van der Waals surface area contributed by atoms with Gasteiger partial charge in [-0.3, -0.25) is 0 Å². The largest absolute Gasteiger partial charge is 0.479 e. The summed E-state index contributed by atoms with van der Waals surface area (Å²) in [6.45, 7) is 2.96. The Balaban J connectivity index is 1.77. The molecule has 0 aromatic heterocycles. The van der Waals surface area contributed by atoms with Gasteiger partial charge in [0, 0.05) is 18.5 Å². The van der Waals surface area contributed by atoms with Gasteiger partial charge < -0.3 is 25.4 Å². The number of carboxylic acids is 1. The van der Waals surface area contributed by atoms with Crippen LogP contribution in [0.1, 0.15) is 37.3 Å². The fraction of sp³-hybridized carbons (Fsp3) is 0.381. The summed E-state index contributed by atoms with van der Waals surface area (Å²) in [5.41, 5.74) is 1.45. The molecule has 0 aliphatic rings. The Bertz CT molecular complexity index is 718. The standard InChI is InChI=1S/C21H27NO5/c1-2-19(20(23)24)27-18-11-6-8-16(14-18)15-22-13-7-12-21(25,26)17-9-4-3-5-10-17/h3-6,8-11,14,19,22,25-26H,2,7,12-13,15H2,1H3,(H,23,24). The van der Waals surface area contributed by atoms with Crippen LogP contribution in [0.4, 0.5) is 0 Å². The lowest BCUT2D eigenvalue weighted by atomic mass is 10.0. The summed E-state index contributed by atoms with van der Waals surface area (Å²) in [6, 6.07) is 16.1. The summed E-state index contributed by atoms with van der Waals surface area (Å²) < 4.78 is 5.49. The Kier molecular flexibility index (Phi) is 7.79. The number of aliphatic carboxylic acids is 1. The second-order valence-electron chi connectivity index (χ2n) is 6.46. The smallest absolute Gasteiger partial charge is 0.344 e. The van der Waals surface area contributed by atoms with Crippen molar-refractivity contribution in [3.63, 3.8) is 0 Å². The number of benzene rings is 2. The van der Waals surface area contributed by atoms with Gasteiger partial charge in [0.25, 0.3) is 0 Å². The Hall–Kier alpha value is -2.41. The fourth-order valence-electron chi connectivity index (χ4n) is 2.74. The molecule has 0 aliphatic carbocycles. The maximum absolute atomic E-state index is 11.1. The van der Waals surface area contributed by atoms with Gasteiger partial charge in [-0.2, -0.15) is 0 Å². The summed E-state index contributed by atoms with van der Waals surface area (Å²) in [7, 11) is 0. The van der Waals surface area contributed by atoms with Crippen LogP contribution >= 0.6 is 0 Å². The molecule has 6 heteroatoms. The van der Waals surface area contributed by atoms with Crippen LogP contribution in [0.15, 0.2) is 54.6 Å². The predicted octanol–water partition coefficient (Wildman–Crippen LogP) is 2.64. The number of aliphatic hydroxyl groups is 2. The Morgan fingerprint density at radius 3 is 2.56 bits per heavy atom. The molecule has 2 aromatic carbocycles. The van der Waals surface area contributed by atoms with E-state index in [1.54, 1.807) is 37.3 Å². The minimum Gasteiger partial charge on any atom is -0.479 e. The van der Waals surface area contributed by atoms with E-state index < -0.39 is 17.9 Å². The minimum absolute atomic E-state index is 0.226. The lowest BCUT2D eigenvalue weighted by molar-refractivity contribution is -0.175. The zero-order chi connectivity index (χ0) is 19.7. The highest BCUT2D eigenvalue weighted by Crippen LogP contribution is 2.22. The molecule has 0 heterocycles. The van der Waals surface area contributed by atoms with E-state index in [-0.39, 0.29) is 6.42 Å². The highest BCUT2D eigenvalue weighted by molar-refractivity contribution is 5.72. The van der Waals surface area contributed by atoms with Crippen LogP contribution in [0, 0.1) is 0 Å². The summed E-state index contributed by atoms with van der Waals surface area (Å²) in [4.78, 5) is 11.1. The zero-order valence-electron chi connectivity index (χ0n) is 15.5. The number of hydrogen-bond acceptors (Lipinski definition) is 5. The molecular formula is C21H27NO5. The van der Waals surface area contributed by atoms with Crippen molar-refractivity contribution in [1.82, 2.24) is 5.32 Å². The molecule has 4 N–H and O–H groups in total. The van der Waals surface area contributed by atoms with Crippen molar-refractivity contribution in [2.45, 2.75) is 44.6 Å². The minimum atomic E-state index is -1.83. The van der Waals surface area contributed by atoms with Crippen LogP contribution in [0.25, 0.3) is 0 Å². The van der Waals surface area contributed by atoms with E-state index in [2.05, 4.69) is 5.32 Å². The van der Waals surface area contributed by atoms with Crippen molar-refractivity contribution >= 4 is 5.97 Å². The van der Waals surface area contributed by atoms with Gasteiger partial charge in [-0.25, -0.2) is 4.79 Å². The zero-order valence-corrected chi connectivity index (χ0v) is 15.5. The van der Waals surface area contributed by atoms with Crippen LogP contribution in [-0.2, 0) is 17.1 Å². The molecule has 146 valence electrons. The molecule has 27 heavy (non-hydrogen) atoms. The van der Waals surface area contributed by atoms with E-state index in [4.69, 9.17) is 9.84 Å². The molecule has 2 rings (SSSR count). The molecule has 0 amide bonds. The first kappa shape index (κ1) is 20.9. The fourth-order valence-corrected chi connectivity index (χ4v) is 2.74. The molecule has 0 radical (unpaired) electrons. The summed E-state index contributed by atoms with van der Waals surface area (Å²) >= 11 is 0. The van der Waals surface area contributed by atoms with Gasteiger partial charge in [-0.1, -0.05) is 49.4 Å². The van der Waals surface area contributed by atoms with Crippen LogP contribution in [0.2, 0.25) is 0 Å². The van der Waals surface area contributed by atoms with E-state index in [1.807, 2.05) is 24.3 Å². The van der Waals surface area contributed by atoms with Crippen molar-refractivity contribution < 1.29 is 24.9 Å². The first-order valence-corrected chi connectivity index (χ1v) is 9.12. The molecule has 6 nitrogen and oxygen atoms in total. The summed E-state index contributed by atoms with van der Waals surface area (Å²) in [5.74, 6) is -2.28. The topological polar surface area (TPSA) is 99.0 Å². The molecular weight excluding hydrogens is 346 g/mol. The summed E-state index contributed by atoms with van der Waals surface area (Å²) in [6.07, 6.45) is 0.357. The van der Waals surface area contributed by atoms with Crippen LogP contribution in [0.3, 0.4) is 0 Å². The van der Waals surface area contributed by atoms with Gasteiger partial charge in [0.2, 0.25) is 0 Å². The number of rotatable bonds is 11. The average molecular weight is 373 g/mol. The lowest BCUT2D eigenvalue weighted by Crippen LogP contribution is -2.27. The number of carboxylic acid groups (broad SMARTS) is 1. The Labute approximate surface area is 159 Å². The molecule has 0 saturated heterocycles. The Morgan fingerprint density at radius 2 is 1.89 bits per heavy atom. The first-order valence-electron chi connectivity index (χ1n) is 9.12. The van der Waals surface area contributed by atoms with Crippen LogP contribution in [-0.4, -0.2) is 33.9 Å². The molecule has 0 aliphatic heterocycles. The number of nitrogens with one attached hydrogen (secondary N) is 1. The molecule has 0 saturated carbocycles. The van der Waals surface area contributed by atoms with Crippen LogP contribution < -0.4 is 10.1 Å². The lowest BCUT2D eigenvalue weighted by Gasteiger charge is -2.22. The number of hydrogen-bond donors (Lipinski definition) is 4. The van der Waals surface area contributed by atoms with E-state index in [9.17, 15) is 15.0 Å². The molecule has 0 bridgehead atoms. The van der Waals surface area contributed by atoms with E-state index in [0.29, 0.717) is 37.2 Å². The normalized spacial score (nSPS) is 12.6. The maximum Gasteiger partial charge on any atom is 0.344 e. The molecule has 0 fully saturated rings. The monoisotopic (exact) mass is 373 g/mol. The van der Waals surface area contributed by atoms with Crippen molar-refractivity contribution in [3.05, 3.63) is 65.7 Å². The van der Waals surface area contributed by atoms with Gasteiger partial charge in [0.15, 0.2) is 11.9 Å². The first-order chi connectivity index (χ1) is 12.9. The molecule has 2 aromatic rings. The van der Waals surface area contributed by atoms with Gasteiger partial charge >= 0.3 is 5.97 Å². The van der Waals surface area contributed by atoms with Gasteiger partial charge in [0.1, 0.15) is 5.75 Å². The second kappa shape index (κ2) is 10.1. The SMILES string of the molecule is CCC(Oc1cccc(CNCCCC(O)(O)c2ccccc2)c1)C(=O)O. The highest BCUT2D eigenvalue weighted by Gasteiger charge is 2.24. The van der Waals surface area contributed by atoms with Gasteiger partial charge in [0.05, 0.1) is 0 Å². The van der Waals surface area contributed by atoms with Crippen molar-refractivity contribution in [2.75, 3.05) is 6.54 Å². The van der Waals surface area contributed by atoms with E-state index in [0.717, 1.165) is 5.56 Å². The van der Waals surface area contributed by atoms with Gasteiger partial charge in [-0.15, -0.1) is 0 Å². The quantitative estimate of drug-likeness (QED) is 0.357. The maximum atomic E-state index is 11.1. The van der Waals surface area contributed by atoms with E-state index in [1.165, 1.54) is 0 Å². The number of carbonyl (C=O) groups is 1. The van der Waals surface area contributed by atoms with Gasteiger partial charge in [-0.05, 0) is 37.1 Å². The highest BCUT2D eigenvalue weighted by atomic mass is 16.5. The third-order valence-electron chi connectivity index (χ3n) is 4.27. The average Bonchev–Trinajstić information content (AvgIpc) is 2.66. The molecule has 1 unspecified atom stereocenters. The predicted molar refractivity (Wildman–Crippen MR) is 102 cm³/mol. The van der Waals surface area contributed by atoms with Crippen molar-refractivity contribution in [3.8, 4) is 5.75 Å². The third kappa shape index (κ3) is 6.67. The molecule has 1 atom stereocenters. The van der Waals surface area contributed by atoms with Crippen molar-refractivity contribution in [2.24, 2.45) is 0 Å². The summed E-state index contributed by atoms with van der Waals surface area (Å²) in [5, 5.41) is 32.6. The van der Waals surface area contributed by atoms with Crippen molar-refractivity contribution in [1.29, 1.82) is 0 Å². The second-order valence-corrected chi connectivity index (χ2v) is 6.46. The molecule has 0 spiro atoms. The van der Waals surface area contributed by atoms with E-state index >= 15 is 0 Å². The third-order valence-corrected chi connectivity index (χ3v) is 4.27. The Morgan fingerprint density at radius 1 is 1.15 bits per heavy atom.